The smallest absolute Gasteiger partial charge is 0.238 e. The van der Waals surface area contributed by atoms with E-state index in [2.05, 4.69) is 15.1 Å². The number of benzene rings is 2. The number of ether oxygens (including phenoxy) is 2. The molecule has 0 radical (unpaired) electrons. The molecule has 8 nitrogen and oxygen atoms in total. The molecular formula is C26H33ClN4O4. The van der Waals surface area contributed by atoms with E-state index in [1.807, 2.05) is 29.2 Å². The van der Waals surface area contributed by atoms with Crippen molar-refractivity contribution < 1.29 is 19.1 Å². The molecule has 0 aliphatic carbocycles. The average Bonchev–Trinajstić information content (AvgIpc) is 2.89. The molecule has 2 heterocycles. The van der Waals surface area contributed by atoms with Gasteiger partial charge in [0.05, 0.1) is 20.8 Å². The van der Waals surface area contributed by atoms with E-state index in [1.165, 1.54) is 0 Å². The molecule has 0 aromatic heterocycles. The summed E-state index contributed by atoms with van der Waals surface area (Å²) in [5.41, 5.74) is 1.80. The Labute approximate surface area is 211 Å². The molecule has 0 atom stereocenters. The van der Waals surface area contributed by atoms with Crippen LogP contribution < -0.4 is 19.7 Å². The van der Waals surface area contributed by atoms with Crippen molar-refractivity contribution in [2.75, 3.05) is 70.2 Å². The summed E-state index contributed by atoms with van der Waals surface area (Å²) in [6, 6.07) is 13.1. The Balaban J connectivity index is 1.20. The zero-order valence-corrected chi connectivity index (χ0v) is 21.1. The lowest BCUT2D eigenvalue weighted by Gasteiger charge is -2.39. The second-order valence-corrected chi connectivity index (χ2v) is 9.39. The monoisotopic (exact) mass is 500 g/mol. The highest BCUT2D eigenvalue weighted by Gasteiger charge is 2.31. The number of halogens is 1. The SMILES string of the molecule is COc1ccc(NC(=O)CN2CCC(C(=O)N3CCN(c4ccc(Cl)cc4)CC3)CC2)cc1OC. The number of rotatable bonds is 7. The second kappa shape index (κ2) is 11.6. The normalized spacial score (nSPS) is 17.2. The summed E-state index contributed by atoms with van der Waals surface area (Å²) in [4.78, 5) is 32.0. The van der Waals surface area contributed by atoms with E-state index < -0.39 is 0 Å². The molecular weight excluding hydrogens is 468 g/mol. The third-order valence-electron chi connectivity index (χ3n) is 6.75. The maximum Gasteiger partial charge on any atom is 0.238 e. The van der Waals surface area contributed by atoms with Gasteiger partial charge in [-0.15, -0.1) is 0 Å². The van der Waals surface area contributed by atoms with Crippen LogP contribution in [0.15, 0.2) is 42.5 Å². The van der Waals surface area contributed by atoms with Crippen LogP contribution in [0, 0.1) is 5.92 Å². The van der Waals surface area contributed by atoms with Crippen LogP contribution in [0.5, 0.6) is 11.5 Å². The van der Waals surface area contributed by atoms with E-state index in [4.69, 9.17) is 21.1 Å². The predicted octanol–water partition coefficient (Wildman–Crippen LogP) is 3.36. The van der Waals surface area contributed by atoms with Gasteiger partial charge in [0.1, 0.15) is 0 Å². The topological polar surface area (TPSA) is 74.4 Å². The molecule has 2 aliphatic heterocycles. The summed E-state index contributed by atoms with van der Waals surface area (Å²) in [6.45, 7) is 4.88. The Morgan fingerprint density at radius 3 is 2.20 bits per heavy atom. The third-order valence-corrected chi connectivity index (χ3v) is 7.01. The highest BCUT2D eigenvalue weighted by Crippen LogP contribution is 2.30. The van der Waals surface area contributed by atoms with E-state index in [0.717, 1.165) is 62.8 Å². The Morgan fingerprint density at radius 2 is 1.57 bits per heavy atom. The summed E-state index contributed by atoms with van der Waals surface area (Å²) in [5, 5.41) is 3.65. The lowest BCUT2D eigenvalue weighted by atomic mass is 9.95. The van der Waals surface area contributed by atoms with Crippen LogP contribution >= 0.6 is 11.6 Å². The summed E-state index contributed by atoms with van der Waals surface area (Å²) < 4.78 is 10.5. The Morgan fingerprint density at radius 1 is 0.914 bits per heavy atom. The van der Waals surface area contributed by atoms with Gasteiger partial charge in [-0.3, -0.25) is 14.5 Å². The van der Waals surface area contributed by atoms with E-state index in [0.29, 0.717) is 23.7 Å². The zero-order chi connectivity index (χ0) is 24.8. The first-order chi connectivity index (χ1) is 17.0. The molecule has 9 heteroatoms. The number of nitrogens with zero attached hydrogens (tertiary/aromatic N) is 3. The molecule has 188 valence electrons. The van der Waals surface area contributed by atoms with Crippen LogP contribution in [0.1, 0.15) is 12.8 Å². The van der Waals surface area contributed by atoms with Crippen molar-refractivity contribution in [3.05, 3.63) is 47.5 Å². The van der Waals surface area contributed by atoms with E-state index >= 15 is 0 Å². The number of nitrogens with one attached hydrogen (secondary N) is 1. The zero-order valence-electron chi connectivity index (χ0n) is 20.3. The van der Waals surface area contributed by atoms with Crippen LogP contribution in [0.3, 0.4) is 0 Å². The first-order valence-corrected chi connectivity index (χ1v) is 12.4. The molecule has 2 aromatic rings. The number of piperidine rings is 1. The Kier molecular flexibility index (Phi) is 8.36. The van der Waals surface area contributed by atoms with Crippen molar-refractivity contribution in [2.45, 2.75) is 12.8 Å². The molecule has 35 heavy (non-hydrogen) atoms. The molecule has 0 saturated carbocycles. The largest absolute Gasteiger partial charge is 0.493 e. The molecule has 0 spiro atoms. The van der Waals surface area contributed by atoms with Gasteiger partial charge in [0.25, 0.3) is 0 Å². The van der Waals surface area contributed by atoms with Crippen LogP contribution in [0.25, 0.3) is 0 Å². The first-order valence-electron chi connectivity index (χ1n) is 12.0. The number of carbonyl (C=O) groups excluding carboxylic acids is 2. The number of likely N-dealkylation sites (tertiary alicyclic amines) is 1. The van der Waals surface area contributed by atoms with Gasteiger partial charge in [-0.05, 0) is 62.3 Å². The van der Waals surface area contributed by atoms with Gasteiger partial charge in [0, 0.05) is 54.6 Å². The van der Waals surface area contributed by atoms with Gasteiger partial charge in [-0.25, -0.2) is 0 Å². The fraction of sp³-hybridized carbons (Fsp3) is 0.462. The van der Waals surface area contributed by atoms with E-state index in [9.17, 15) is 9.59 Å². The minimum absolute atomic E-state index is 0.0299. The number of methoxy groups -OCH3 is 2. The molecule has 1 N–H and O–H groups in total. The van der Waals surface area contributed by atoms with Crippen LogP contribution in [-0.2, 0) is 9.59 Å². The number of hydrogen-bond donors (Lipinski definition) is 1. The summed E-state index contributed by atoms with van der Waals surface area (Å²) in [6.07, 6.45) is 1.56. The molecule has 2 amide bonds. The molecule has 2 fully saturated rings. The highest BCUT2D eigenvalue weighted by molar-refractivity contribution is 6.30. The third kappa shape index (κ3) is 6.38. The summed E-state index contributed by atoms with van der Waals surface area (Å²) >= 11 is 5.99. The maximum absolute atomic E-state index is 13.1. The number of amides is 2. The fourth-order valence-corrected chi connectivity index (χ4v) is 4.88. The minimum atomic E-state index is -0.0830. The number of carbonyl (C=O) groups is 2. The fourth-order valence-electron chi connectivity index (χ4n) is 4.75. The van der Waals surface area contributed by atoms with Crippen molar-refractivity contribution in [2.24, 2.45) is 5.92 Å². The van der Waals surface area contributed by atoms with E-state index in [1.54, 1.807) is 32.4 Å². The molecule has 0 unspecified atom stereocenters. The molecule has 2 aliphatic rings. The lowest BCUT2D eigenvalue weighted by molar-refractivity contribution is -0.137. The standard InChI is InChI=1S/C26H33ClN4O4/c1-34-23-8-5-21(17-24(23)35-2)28-25(32)18-29-11-9-19(10-12-29)26(33)31-15-13-30(14-16-31)22-6-3-20(27)4-7-22/h3-8,17,19H,9-16,18H2,1-2H3,(H,28,32). The average molecular weight is 501 g/mol. The second-order valence-electron chi connectivity index (χ2n) is 8.96. The van der Waals surface area contributed by atoms with Crippen LogP contribution in [-0.4, -0.2) is 81.6 Å². The van der Waals surface area contributed by atoms with Gasteiger partial charge in [-0.2, -0.15) is 0 Å². The van der Waals surface area contributed by atoms with Crippen molar-refractivity contribution in [1.82, 2.24) is 9.80 Å². The van der Waals surface area contributed by atoms with Gasteiger partial charge >= 0.3 is 0 Å². The van der Waals surface area contributed by atoms with Crippen molar-refractivity contribution in [3.8, 4) is 11.5 Å². The molecule has 4 rings (SSSR count). The Hall–Kier alpha value is -2.97. The van der Waals surface area contributed by atoms with Gasteiger partial charge < -0.3 is 24.6 Å². The van der Waals surface area contributed by atoms with Gasteiger partial charge in [0.2, 0.25) is 11.8 Å². The van der Waals surface area contributed by atoms with Crippen molar-refractivity contribution in [3.63, 3.8) is 0 Å². The van der Waals surface area contributed by atoms with Crippen LogP contribution in [0.4, 0.5) is 11.4 Å². The summed E-state index contributed by atoms with van der Waals surface area (Å²) in [5.74, 6) is 1.38. The highest BCUT2D eigenvalue weighted by atomic mass is 35.5. The van der Waals surface area contributed by atoms with E-state index in [-0.39, 0.29) is 17.7 Å². The Bertz CT molecular complexity index is 1020. The quantitative estimate of drug-likeness (QED) is 0.628. The lowest BCUT2D eigenvalue weighted by Crippen LogP contribution is -2.52. The molecule has 2 aromatic carbocycles. The van der Waals surface area contributed by atoms with Gasteiger partial charge in [0.15, 0.2) is 11.5 Å². The van der Waals surface area contributed by atoms with Gasteiger partial charge in [-0.1, -0.05) is 11.6 Å². The minimum Gasteiger partial charge on any atom is -0.493 e. The van der Waals surface area contributed by atoms with Crippen LogP contribution in [0.2, 0.25) is 5.02 Å². The number of piperazine rings is 1. The van der Waals surface area contributed by atoms with Crippen molar-refractivity contribution in [1.29, 1.82) is 0 Å². The molecule has 0 bridgehead atoms. The summed E-state index contributed by atoms with van der Waals surface area (Å²) in [7, 11) is 3.14. The maximum atomic E-state index is 13.1. The predicted molar refractivity (Wildman–Crippen MR) is 138 cm³/mol. The number of anilines is 2. The number of hydrogen-bond acceptors (Lipinski definition) is 6. The molecule has 2 saturated heterocycles. The van der Waals surface area contributed by atoms with Crippen molar-refractivity contribution >= 4 is 34.8 Å². The first kappa shape index (κ1) is 25.1.